The van der Waals surface area contributed by atoms with Gasteiger partial charge in [0.2, 0.25) is 0 Å². The van der Waals surface area contributed by atoms with Crippen LogP contribution in [0.2, 0.25) is 10.0 Å². The Morgan fingerprint density at radius 1 is 0.967 bits per heavy atom. The van der Waals surface area contributed by atoms with E-state index in [9.17, 15) is 0 Å². The standard InChI is InChI=1S/C22H30Cl2N2O2.2ClH/c1-4-26(5-2)12-6-11-25-15-18-13-20(24)22(21(14-18)27-3)28-16-17-7-9-19(23)10-8-17;;/h7-10,13-14,25H,4-6,11-12,15-16H2,1-3H3;2*1H. The van der Waals surface area contributed by atoms with E-state index in [2.05, 4.69) is 24.1 Å². The third-order valence-electron chi connectivity index (χ3n) is 4.64. The number of methoxy groups -OCH3 is 1. The zero-order valence-electron chi connectivity index (χ0n) is 17.7. The Bertz CT molecular complexity index is 726. The van der Waals surface area contributed by atoms with Crippen LogP contribution in [-0.4, -0.2) is 38.2 Å². The van der Waals surface area contributed by atoms with Crippen molar-refractivity contribution in [3.05, 3.63) is 57.6 Å². The fraction of sp³-hybridized carbons (Fsp3) is 0.455. The minimum absolute atomic E-state index is 0. The van der Waals surface area contributed by atoms with Crippen LogP contribution in [0.1, 0.15) is 31.4 Å². The molecule has 0 saturated carbocycles. The van der Waals surface area contributed by atoms with Gasteiger partial charge in [0, 0.05) is 11.6 Å². The molecule has 0 atom stereocenters. The lowest BCUT2D eigenvalue weighted by Gasteiger charge is -2.18. The average Bonchev–Trinajstić information content (AvgIpc) is 2.70. The van der Waals surface area contributed by atoms with E-state index in [0.29, 0.717) is 28.2 Å². The molecule has 2 rings (SSSR count). The summed E-state index contributed by atoms with van der Waals surface area (Å²) in [5.74, 6) is 1.20. The molecule has 170 valence electrons. The normalized spacial score (nSPS) is 10.3. The summed E-state index contributed by atoms with van der Waals surface area (Å²) < 4.78 is 11.4. The first-order valence-electron chi connectivity index (χ1n) is 9.74. The van der Waals surface area contributed by atoms with Gasteiger partial charge < -0.3 is 19.7 Å². The summed E-state index contributed by atoms with van der Waals surface area (Å²) in [6, 6.07) is 11.4. The minimum atomic E-state index is 0. The highest BCUT2D eigenvalue weighted by atomic mass is 35.5. The lowest BCUT2D eigenvalue weighted by atomic mass is 10.2. The molecule has 4 nitrogen and oxygen atoms in total. The molecule has 0 spiro atoms. The largest absolute Gasteiger partial charge is 0.493 e. The fourth-order valence-corrected chi connectivity index (χ4v) is 3.37. The Hall–Kier alpha value is -0.880. The highest BCUT2D eigenvalue weighted by Crippen LogP contribution is 2.37. The number of rotatable bonds is 12. The first-order chi connectivity index (χ1) is 13.6. The maximum Gasteiger partial charge on any atom is 0.180 e. The first-order valence-corrected chi connectivity index (χ1v) is 10.5. The SMILES string of the molecule is CCN(CC)CCCNCc1cc(Cl)c(OCc2ccc(Cl)cc2)c(OC)c1.Cl.Cl. The van der Waals surface area contributed by atoms with Crippen LogP contribution < -0.4 is 14.8 Å². The van der Waals surface area contributed by atoms with Crippen molar-refractivity contribution >= 4 is 48.0 Å². The molecule has 0 unspecified atom stereocenters. The number of halogens is 4. The summed E-state index contributed by atoms with van der Waals surface area (Å²) in [7, 11) is 1.63. The number of hydrogen-bond acceptors (Lipinski definition) is 4. The van der Waals surface area contributed by atoms with Gasteiger partial charge in [-0.1, -0.05) is 49.2 Å². The second-order valence-corrected chi connectivity index (χ2v) is 7.43. The average molecular weight is 498 g/mol. The number of benzene rings is 2. The molecule has 0 aliphatic heterocycles. The van der Waals surface area contributed by atoms with E-state index in [-0.39, 0.29) is 24.8 Å². The van der Waals surface area contributed by atoms with E-state index in [1.54, 1.807) is 7.11 Å². The highest BCUT2D eigenvalue weighted by Gasteiger charge is 2.12. The van der Waals surface area contributed by atoms with E-state index in [1.807, 2.05) is 36.4 Å². The van der Waals surface area contributed by atoms with Crippen molar-refractivity contribution in [3.63, 3.8) is 0 Å². The summed E-state index contributed by atoms with van der Waals surface area (Å²) in [4.78, 5) is 2.42. The van der Waals surface area contributed by atoms with Crippen LogP contribution in [-0.2, 0) is 13.2 Å². The molecule has 0 saturated heterocycles. The van der Waals surface area contributed by atoms with Gasteiger partial charge in [-0.3, -0.25) is 0 Å². The third-order valence-corrected chi connectivity index (χ3v) is 5.17. The number of nitrogens with zero attached hydrogens (tertiary/aromatic N) is 1. The van der Waals surface area contributed by atoms with Crippen LogP contribution in [0.15, 0.2) is 36.4 Å². The molecule has 2 aromatic carbocycles. The molecule has 0 aromatic heterocycles. The molecule has 0 radical (unpaired) electrons. The van der Waals surface area contributed by atoms with Gasteiger partial charge in [-0.15, -0.1) is 24.8 Å². The summed E-state index contributed by atoms with van der Waals surface area (Å²) in [6.45, 7) is 9.81. The topological polar surface area (TPSA) is 33.7 Å². The third kappa shape index (κ3) is 9.51. The van der Waals surface area contributed by atoms with Gasteiger partial charge >= 0.3 is 0 Å². The monoisotopic (exact) mass is 496 g/mol. The highest BCUT2D eigenvalue weighted by molar-refractivity contribution is 6.32. The van der Waals surface area contributed by atoms with Crippen molar-refractivity contribution in [1.82, 2.24) is 10.2 Å². The molecule has 0 bridgehead atoms. The summed E-state index contributed by atoms with van der Waals surface area (Å²) in [5, 5.41) is 4.72. The number of ether oxygens (including phenoxy) is 2. The van der Waals surface area contributed by atoms with Crippen molar-refractivity contribution < 1.29 is 9.47 Å². The number of nitrogens with one attached hydrogen (secondary N) is 1. The van der Waals surface area contributed by atoms with Gasteiger partial charge in [0.05, 0.1) is 12.1 Å². The predicted octanol–water partition coefficient (Wildman–Crippen LogP) is 6.25. The van der Waals surface area contributed by atoms with E-state index < -0.39 is 0 Å². The van der Waals surface area contributed by atoms with E-state index >= 15 is 0 Å². The Balaban J connectivity index is 0.00000420. The van der Waals surface area contributed by atoms with Crippen molar-refractivity contribution in [1.29, 1.82) is 0 Å². The molecule has 0 aliphatic rings. The Morgan fingerprint density at radius 3 is 2.23 bits per heavy atom. The molecule has 30 heavy (non-hydrogen) atoms. The second-order valence-electron chi connectivity index (χ2n) is 6.58. The van der Waals surface area contributed by atoms with Crippen molar-refractivity contribution in [2.24, 2.45) is 0 Å². The van der Waals surface area contributed by atoms with Crippen LogP contribution in [0.4, 0.5) is 0 Å². The first kappa shape index (κ1) is 29.1. The van der Waals surface area contributed by atoms with Crippen LogP contribution in [0.25, 0.3) is 0 Å². The van der Waals surface area contributed by atoms with Crippen molar-refractivity contribution in [2.45, 2.75) is 33.4 Å². The van der Waals surface area contributed by atoms with Gasteiger partial charge in [0.25, 0.3) is 0 Å². The van der Waals surface area contributed by atoms with Crippen molar-refractivity contribution in [2.75, 3.05) is 33.3 Å². The molecular formula is C22H32Cl4N2O2. The van der Waals surface area contributed by atoms with Crippen LogP contribution in [0.3, 0.4) is 0 Å². The molecule has 2 aromatic rings. The fourth-order valence-electron chi connectivity index (χ4n) is 2.95. The van der Waals surface area contributed by atoms with Gasteiger partial charge in [0.1, 0.15) is 6.61 Å². The molecule has 0 heterocycles. The van der Waals surface area contributed by atoms with E-state index in [1.165, 1.54) is 0 Å². The van der Waals surface area contributed by atoms with Crippen LogP contribution >= 0.6 is 48.0 Å². The van der Waals surface area contributed by atoms with Gasteiger partial charge in [-0.25, -0.2) is 0 Å². The van der Waals surface area contributed by atoms with Gasteiger partial charge in [-0.05, 0) is 68.0 Å². The molecule has 0 aliphatic carbocycles. The maximum atomic E-state index is 6.46. The Labute approximate surface area is 203 Å². The predicted molar refractivity (Wildman–Crippen MR) is 132 cm³/mol. The van der Waals surface area contributed by atoms with Gasteiger partial charge in [-0.2, -0.15) is 0 Å². The molecule has 0 amide bonds. The Kier molecular flexibility index (Phi) is 15.4. The lowest BCUT2D eigenvalue weighted by molar-refractivity contribution is 0.284. The molecule has 1 N–H and O–H groups in total. The van der Waals surface area contributed by atoms with E-state index in [0.717, 1.165) is 50.3 Å². The summed E-state index contributed by atoms with van der Waals surface area (Å²) in [6.07, 6.45) is 1.12. The summed E-state index contributed by atoms with van der Waals surface area (Å²) >= 11 is 12.4. The molecule has 0 fully saturated rings. The lowest BCUT2D eigenvalue weighted by Crippen LogP contribution is -2.27. The minimum Gasteiger partial charge on any atom is -0.493 e. The quantitative estimate of drug-likeness (QED) is 0.351. The zero-order valence-corrected chi connectivity index (χ0v) is 20.9. The van der Waals surface area contributed by atoms with Crippen LogP contribution in [0, 0.1) is 0 Å². The summed E-state index contributed by atoms with van der Waals surface area (Å²) in [5.41, 5.74) is 2.09. The van der Waals surface area contributed by atoms with Gasteiger partial charge in [0.15, 0.2) is 11.5 Å². The molecule has 8 heteroatoms. The van der Waals surface area contributed by atoms with Crippen LogP contribution in [0.5, 0.6) is 11.5 Å². The smallest absolute Gasteiger partial charge is 0.180 e. The maximum absolute atomic E-state index is 6.46. The van der Waals surface area contributed by atoms with Crippen molar-refractivity contribution in [3.8, 4) is 11.5 Å². The number of hydrogen-bond donors (Lipinski definition) is 1. The molecular weight excluding hydrogens is 466 g/mol. The van der Waals surface area contributed by atoms with E-state index in [4.69, 9.17) is 32.7 Å². The Morgan fingerprint density at radius 2 is 1.63 bits per heavy atom. The second kappa shape index (κ2) is 15.9. The zero-order chi connectivity index (χ0) is 20.4.